The molecule has 10 heteroatoms. The second kappa shape index (κ2) is 15.1. The molecule has 0 aliphatic carbocycles. The topological polar surface area (TPSA) is 151 Å². The van der Waals surface area contributed by atoms with Crippen molar-refractivity contribution in [3.05, 3.63) is 0 Å². The lowest BCUT2D eigenvalue weighted by molar-refractivity contribution is -0.144. The Labute approximate surface area is 196 Å². The highest BCUT2D eigenvalue weighted by Gasteiger charge is 2.32. The molecule has 0 aromatic heterocycles. The number of nitrogens with one attached hydrogen (secondary N) is 3. The fourth-order valence-electron chi connectivity index (χ4n) is 2.99. The summed E-state index contributed by atoms with van der Waals surface area (Å²) in [4.78, 5) is 49.9. The Bertz CT molecular complexity index is 629. The van der Waals surface area contributed by atoms with Gasteiger partial charge in [0.05, 0.1) is 6.04 Å². The summed E-state index contributed by atoms with van der Waals surface area (Å²) >= 11 is 1.54. The zero-order valence-electron chi connectivity index (χ0n) is 20.4. The number of hydrogen-bond donors (Lipinski definition) is 5. The number of rotatable bonds is 15. The Balaban J connectivity index is 5.51. The SMILES string of the molecule is CCC(C)C(NC(=O)C(CC(C)C)NC(=O)C(CCSC)NC(=O)C(N)C(C)C)C(=O)O. The first-order valence-corrected chi connectivity index (χ1v) is 12.6. The van der Waals surface area contributed by atoms with E-state index in [0.717, 1.165) is 0 Å². The molecule has 0 bridgehead atoms. The summed E-state index contributed by atoms with van der Waals surface area (Å²) in [7, 11) is 0. The predicted molar refractivity (Wildman–Crippen MR) is 128 cm³/mol. The summed E-state index contributed by atoms with van der Waals surface area (Å²) in [6.45, 7) is 11.1. The summed E-state index contributed by atoms with van der Waals surface area (Å²) in [5.41, 5.74) is 5.91. The average Bonchev–Trinajstić information content (AvgIpc) is 2.71. The Morgan fingerprint density at radius 3 is 1.88 bits per heavy atom. The van der Waals surface area contributed by atoms with Gasteiger partial charge in [-0.1, -0.05) is 48.0 Å². The fraction of sp³-hybridized carbons (Fsp3) is 0.818. The lowest BCUT2D eigenvalue weighted by atomic mass is 9.97. The minimum Gasteiger partial charge on any atom is -0.480 e. The summed E-state index contributed by atoms with van der Waals surface area (Å²) in [6, 6.07) is -3.55. The molecule has 3 amide bonds. The van der Waals surface area contributed by atoms with Gasteiger partial charge < -0.3 is 26.8 Å². The molecule has 6 N–H and O–H groups in total. The van der Waals surface area contributed by atoms with Crippen LogP contribution in [0.3, 0.4) is 0 Å². The first-order valence-electron chi connectivity index (χ1n) is 11.2. The molecule has 0 aromatic carbocycles. The average molecular weight is 475 g/mol. The van der Waals surface area contributed by atoms with Crippen molar-refractivity contribution in [1.82, 2.24) is 16.0 Å². The van der Waals surface area contributed by atoms with Crippen LogP contribution in [0.5, 0.6) is 0 Å². The van der Waals surface area contributed by atoms with Crippen LogP contribution in [0.2, 0.25) is 0 Å². The van der Waals surface area contributed by atoms with Gasteiger partial charge in [0.2, 0.25) is 17.7 Å². The van der Waals surface area contributed by atoms with Gasteiger partial charge in [0.25, 0.3) is 0 Å². The van der Waals surface area contributed by atoms with Crippen LogP contribution in [0.4, 0.5) is 0 Å². The number of nitrogens with two attached hydrogens (primary N) is 1. The van der Waals surface area contributed by atoms with E-state index in [2.05, 4.69) is 16.0 Å². The van der Waals surface area contributed by atoms with Crippen LogP contribution in [0, 0.1) is 17.8 Å². The van der Waals surface area contributed by atoms with Crippen molar-refractivity contribution in [3.8, 4) is 0 Å². The minimum atomic E-state index is -1.12. The predicted octanol–water partition coefficient (Wildman–Crippen LogP) is 1.35. The maximum atomic E-state index is 13.0. The summed E-state index contributed by atoms with van der Waals surface area (Å²) in [6.07, 6.45) is 3.19. The van der Waals surface area contributed by atoms with Crippen molar-refractivity contribution in [2.75, 3.05) is 12.0 Å². The third kappa shape index (κ3) is 10.7. The molecule has 0 spiro atoms. The molecule has 0 heterocycles. The first-order chi connectivity index (χ1) is 14.8. The van der Waals surface area contributed by atoms with Crippen molar-refractivity contribution in [1.29, 1.82) is 0 Å². The molecule has 9 nitrogen and oxygen atoms in total. The minimum absolute atomic E-state index is 0.0755. The normalized spacial score (nSPS) is 16.1. The number of carbonyl (C=O) groups is 4. The summed E-state index contributed by atoms with van der Waals surface area (Å²) < 4.78 is 0. The largest absolute Gasteiger partial charge is 0.480 e. The smallest absolute Gasteiger partial charge is 0.326 e. The Morgan fingerprint density at radius 1 is 0.906 bits per heavy atom. The molecule has 0 radical (unpaired) electrons. The molecule has 0 saturated carbocycles. The molecule has 0 aliphatic heterocycles. The number of carbonyl (C=O) groups excluding carboxylic acids is 3. The van der Waals surface area contributed by atoms with Gasteiger partial charge in [-0.05, 0) is 42.6 Å². The van der Waals surface area contributed by atoms with Gasteiger partial charge in [-0.25, -0.2) is 4.79 Å². The van der Waals surface area contributed by atoms with Gasteiger partial charge in [0.15, 0.2) is 0 Å². The van der Waals surface area contributed by atoms with Crippen LogP contribution >= 0.6 is 11.8 Å². The lowest BCUT2D eigenvalue weighted by Gasteiger charge is -2.27. The van der Waals surface area contributed by atoms with Gasteiger partial charge in [-0.3, -0.25) is 14.4 Å². The van der Waals surface area contributed by atoms with Crippen LogP contribution in [-0.2, 0) is 19.2 Å². The molecule has 0 fully saturated rings. The fourth-order valence-corrected chi connectivity index (χ4v) is 3.46. The molecular weight excluding hydrogens is 432 g/mol. The van der Waals surface area contributed by atoms with Crippen LogP contribution in [0.25, 0.3) is 0 Å². The summed E-state index contributed by atoms with van der Waals surface area (Å²) in [5.74, 6) is -2.22. The summed E-state index contributed by atoms with van der Waals surface area (Å²) in [5, 5.41) is 17.5. The van der Waals surface area contributed by atoms with Crippen LogP contribution < -0.4 is 21.7 Å². The van der Waals surface area contributed by atoms with Gasteiger partial charge >= 0.3 is 5.97 Å². The Hall–Kier alpha value is -1.81. The van der Waals surface area contributed by atoms with Gasteiger partial charge in [-0.2, -0.15) is 11.8 Å². The number of hydrogen-bond acceptors (Lipinski definition) is 6. The number of aliphatic carboxylic acids is 1. The highest BCUT2D eigenvalue weighted by atomic mass is 32.2. The van der Waals surface area contributed by atoms with E-state index in [9.17, 15) is 24.3 Å². The van der Waals surface area contributed by atoms with Crippen LogP contribution in [0.1, 0.15) is 60.8 Å². The van der Waals surface area contributed by atoms with E-state index in [1.807, 2.05) is 40.9 Å². The second-order valence-corrected chi connectivity index (χ2v) is 10.00. The first kappa shape index (κ1) is 30.2. The maximum Gasteiger partial charge on any atom is 0.326 e. The molecule has 5 unspecified atom stereocenters. The Kier molecular flexibility index (Phi) is 14.2. The van der Waals surface area contributed by atoms with E-state index in [0.29, 0.717) is 25.0 Å². The number of amides is 3. The Morgan fingerprint density at radius 2 is 1.44 bits per heavy atom. The third-order valence-corrected chi connectivity index (χ3v) is 6.03. The molecular formula is C22H42N4O5S. The lowest BCUT2D eigenvalue weighted by Crippen LogP contribution is -2.58. The van der Waals surface area contributed by atoms with E-state index >= 15 is 0 Å². The van der Waals surface area contributed by atoms with Crippen LogP contribution in [0.15, 0.2) is 0 Å². The van der Waals surface area contributed by atoms with Crippen molar-refractivity contribution in [2.24, 2.45) is 23.5 Å². The monoisotopic (exact) mass is 474 g/mol. The molecule has 186 valence electrons. The zero-order valence-corrected chi connectivity index (χ0v) is 21.3. The molecule has 0 aliphatic rings. The molecule has 5 atom stereocenters. The number of thioether (sulfide) groups is 1. The van der Waals surface area contributed by atoms with Crippen molar-refractivity contribution in [3.63, 3.8) is 0 Å². The van der Waals surface area contributed by atoms with Crippen LogP contribution in [-0.4, -0.2) is 65.0 Å². The standard InChI is InChI=1S/C22H42N4O5S/c1-8-14(6)18(22(30)31)26-20(28)16(11-12(2)3)25-19(27)15(9-10-32-7)24-21(29)17(23)13(4)5/h12-18H,8-11,23H2,1-7H3,(H,24,29)(H,25,27)(H,26,28)(H,30,31). The van der Waals surface area contributed by atoms with E-state index in [4.69, 9.17) is 5.73 Å². The molecule has 0 saturated heterocycles. The van der Waals surface area contributed by atoms with E-state index in [-0.39, 0.29) is 17.8 Å². The maximum absolute atomic E-state index is 13.0. The van der Waals surface area contributed by atoms with Gasteiger partial charge in [-0.15, -0.1) is 0 Å². The molecule has 0 rings (SSSR count). The molecule has 32 heavy (non-hydrogen) atoms. The second-order valence-electron chi connectivity index (χ2n) is 9.01. The molecule has 0 aromatic rings. The third-order valence-electron chi connectivity index (χ3n) is 5.38. The van der Waals surface area contributed by atoms with Crippen molar-refractivity contribution < 1.29 is 24.3 Å². The highest BCUT2D eigenvalue weighted by Crippen LogP contribution is 2.11. The van der Waals surface area contributed by atoms with Gasteiger partial charge in [0, 0.05) is 0 Å². The van der Waals surface area contributed by atoms with E-state index in [1.165, 1.54) is 11.8 Å². The van der Waals surface area contributed by atoms with E-state index < -0.39 is 47.9 Å². The van der Waals surface area contributed by atoms with E-state index in [1.54, 1.807) is 6.92 Å². The highest BCUT2D eigenvalue weighted by molar-refractivity contribution is 7.98. The number of carboxylic acids is 1. The van der Waals surface area contributed by atoms with Crippen molar-refractivity contribution >= 4 is 35.5 Å². The van der Waals surface area contributed by atoms with Crippen molar-refractivity contribution in [2.45, 2.75) is 85.0 Å². The number of carboxylic acid groups (broad SMARTS) is 1. The zero-order chi connectivity index (χ0) is 25.0. The van der Waals surface area contributed by atoms with Gasteiger partial charge in [0.1, 0.15) is 18.1 Å². The quantitative estimate of drug-likeness (QED) is 0.240.